The van der Waals surface area contributed by atoms with Crippen LogP contribution in [0.4, 0.5) is 18.9 Å². The molecule has 138 valence electrons. The van der Waals surface area contributed by atoms with Crippen molar-refractivity contribution in [2.24, 2.45) is 5.92 Å². The molecule has 0 aliphatic heterocycles. The van der Waals surface area contributed by atoms with Crippen LogP contribution in [0.15, 0.2) is 28.8 Å². The van der Waals surface area contributed by atoms with Gasteiger partial charge in [0.1, 0.15) is 13.0 Å². The van der Waals surface area contributed by atoms with Gasteiger partial charge in [0.05, 0.1) is 0 Å². The van der Waals surface area contributed by atoms with Crippen molar-refractivity contribution in [1.82, 2.24) is 15.5 Å². The molecule has 2 amide bonds. The molecule has 1 saturated carbocycles. The van der Waals surface area contributed by atoms with E-state index in [2.05, 4.69) is 15.5 Å². The minimum Gasteiger partial charge on any atom is -0.347 e. The first kappa shape index (κ1) is 17.9. The Balaban J connectivity index is 1.62. The molecule has 3 rings (SSSR count). The largest absolute Gasteiger partial charge is 0.405 e. The van der Waals surface area contributed by atoms with Gasteiger partial charge in [-0.25, -0.2) is 0 Å². The Bertz CT molecular complexity index is 815. The number of anilines is 1. The number of carbonyl (C=O) groups is 2. The number of halogens is 3. The third-order valence-electron chi connectivity index (χ3n) is 3.60. The first-order chi connectivity index (χ1) is 12.3. The van der Waals surface area contributed by atoms with Crippen molar-refractivity contribution in [3.05, 3.63) is 30.2 Å². The van der Waals surface area contributed by atoms with Crippen LogP contribution in [0.1, 0.15) is 18.7 Å². The molecule has 26 heavy (non-hydrogen) atoms. The molecular formula is C16H15F3N4O3. The summed E-state index contributed by atoms with van der Waals surface area (Å²) in [5.41, 5.74) is 1.12. The highest BCUT2D eigenvalue weighted by molar-refractivity contribution is 5.94. The number of benzene rings is 1. The van der Waals surface area contributed by atoms with Crippen molar-refractivity contribution in [3.63, 3.8) is 0 Å². The molecule has 2 N–H and O–H groups in total. The molecule has 1 aliphatic rings. The van der Waals surface area contributed by atoms with E-state index in [4.69, 9.17) is 4.52 Å². The lowest BCUT2D eigenvalue weighted by atomic mass is 10.2. The Labute approximate surface area is 146 Å². The van der Waals surface area contributed by atoms with E-state index in [1.165, 1.54) is 0 Å². The van der Waals surface area contributed by atoms with Gasteiger partial charge in [-0.05, 0) is 25.0 Å². The molecule has 1 aliphatic carbocycles. The van der Waals surface area contributed by atoms with Crippen LogP contribution in [0, 0.1) is 5.92 Å². The Morgan fingerprint density at radius 2 is 2.04 bits per heavy atom. The van der Waals surface area contributed by atoms with E-state index in [0.29, 0.717) is 11.3 Å². The normalized spacial score (nSPS) is 14.1. The quantitative estimate of drug-likeness (QED) is 0.816. The highest BCUT2D eigenvalue weighted by atomic mass is 19.4. The van der Waals surface area contributed by atoms with Crippen molar-refractivity contribution in [3.8, 4) is 11.4 Å². The number of hydrogen-bond acceptors (Lipinski definition) is 5. The lowest BCUT2D eigenvalue weighted by molar-refractivity contribution is -0.138. The fourth-order valence-corrected chi connectivity index (χ4v) is 2.17. The molecule has 1 heterocycles. The first-order valence-corrected chi connectivity index (χ1v) is 7.87. The first-order valence-electron chi connectivity index (χ1n) is 7.87. The van der Waals surface area contributed by atoms with Gasteiger partial charge in [0.25, 0.3) is 0 Å². The minimum absolute atomic E-state index is 0.0442. The highest BCUT2D eigenvalue weighted by Gasteiger charge is 2.30. The zero-order valence-corrected chi connectivity index (χ0v) is 13.5. The molecule has 10 heteroatoms. The van der Waals surface area contributed by atoms with Gasteiger partial charge in [-0.15, -0.1) is 0 Å². The summed E-state index contributed by atoms with van der Waals surface area (Å²) in [6, 6.07) is 6.75. The van der Waals surface area contributed by atoms with Gasteiger partial charge in [-0.3, -0.25) is 9.59 Å². The Morgan fingerprint density at radius 3 is 2.73 bits per heavy atom. The summed E-state index contributed by atoms with van der Waals surface area (Å²) in [6.07, 6.45) is -3.17. The van der Waals surface area contributed by atoms with Gasteiger partial charge in [0.15, 0.2) is 0 Å². The van der Waals surface area contributed by atoms with Crippen LogP contribution in [-0.2, 0) is 16.0 Å². The average Bonchev–Trinajstić information content (AvgIpc) is 3.33. The lowest BCUT2D eigenvalue weighted by Gasteiger charge is -2.06. The number of alkyl halides is 3. The van der Waals surface area contributed by atoms with Gasteiger partial charge >= 0.3 is 6.18 Å². The van der Waals surface area contributed by atoms with E-state index >= 15 is 0 Å². The van der Waals surface area contributed by atoms with Gasteiger partial charge in [0.2, 0.25) is 23.5 Å². The maximum absolute atomic E-state index is 12.1. The standard InChI is InChI=1S/C16H15F3N4O3/c17-16(18,19)8-20-12(24)7-13-22-14(23-26-13)10-2-1-3-11(6-10)21-15(25)9-4-5-9/h1-3,6,9H,4-5,7-8H2,(H,20,24)(H,21,25). The van der Waals surface area contributed by atoms with Crippen molar-refractivity contribution < 1.29 is 27.3 Å². The monoisotopic (exact) mass is 368 g/mol. The van der Waals surface area contributed by atoms with E-state index in [0.717, 1.165) is 12.8 Å². The second-order valence-corrected chi connectivity index (χ2v) is 5.92. The summed E-state index contributed by atoms with van der Waals surface area (Å²) in [4.78, 5) is 27.3. The average molecular weight is 368 g/mol. The van der Waals surface area contributed by atoms with E-state index in [1.807, 2.05) is 0 Å². The van der Waals surface area contributed by atoms with Crippen LogP contribution in [-0.4, -0.2) is 34.7 Å². The summed E-state index contributed by atoms with van der Waals surface area (Å²) in [7, 11) is 0. The minimum atomic E-state index is -4.49. The number of nitrogens with one attached hydrogen (secondary N) is 2. The maximum atomic E-state index is 12.1. The topological polar surface area (TPSA) is 97.1 Å². The molecular weight excluding hydrogens is 353 g/mol. The van der Waals surface area contributed by atoms with E-state index in [1.54, 1.807) is 29.6 Å². The van der Waals surface area contributed by atoms with Gasteiger partial charge in [-0.1, -0.05) is 17.3 Å². The summed E-state index contributed by atoms with van der Waals surface area (Å²) < 4.78 is 41.1. The molecule has 1 fully saturated rings. The molecule has 1 aromatic carbocycles. The summed E-state index contributed by atoms with van der Waals surface area (Å²) >= 11 is 0. The van der Waals surface area contributed by atoms with Crippen LogP contribution < -0.4 is 10.6 Å². The summed E-state index contributed by atoms with van der Waals surface area (Å²) in [6.45, 7) is -1.42. The zero-order chi connectivity index (χ0) is 18.7. The van der Waals surface area contributed by atoms with Crippen LogP contribution >= 0.6 is 0 Å². The molecule has 7 nitrogen and oxygen atoms in total. The Kier molecular flexibility index (Phi) is 4.92. The number of carbonyl (C=O) groups excluding carboxylic acids is 2. The fraction of sp³-hybridized carbons (Fsp3) is 0.375. The van der Waals surface area contributed by atoms with Crippen LogP contribution in [0.2, 0.25) is 0 Å². The van der Waals surface area contributed by atoms with Gasteiger partial charge in [-0.2, -0.15) is 18.2 Å². The van der Waals surface area contributed by atoms with Crippen LogP contribution in [0.5, 0.6) is 0 Å². The molecule has 1 aromatic heterocycles. The SMILES string of the molecule is O=C(Cc1nc(-c2cccc(NC(=O)C3CC3)c2)no1)NCC(F)(F)F. The van der Waals surface area contributed by atoms with Crippen molar-refractivity contribution in [1.29, 1.82) is 0 Å². The molecule has 0 bridgehead atoms. The van der Waals surface area contributed by atoms with Crippen LogP contribution in [0.25, 0.3) is 11.4 Å². The summed E-state index contributed by atoms with van der Waals surface area (Å²) in [5.74, 6) is -0.788. The molecule has 0 radical (unpaired) electrons. The van der Waals surface area contributed by atoms with Crippen LogP contribution in [0.3, 0.4) is 0 Å². The number of amides is 2. The van der Waals surface area contributed by atoms with E-state index in [9.17, 15) is 22.8 Å². The highest BCUT2D eigenvalue weighted by Crippen LogP contribution is 2.30. The predicted molar refractivity (Wildman–Crippen MR) is 83.9 cm³/mol. The van der Waals surface area contributed by atoms with Gasteiger partial charge < -0.3 is 15.2 Å². The van der Waals surface area contributed by atoms with E-state index in [-0.39, 0.29) is 23.5 Å². The molecule has 0 unspecified atom stereocenters. The van der Waals surface area contributed by atoms with E-state index < -0.39 is 25.0 Å². The number of aromatic nitrogens is 2. The Morgan fingerprint density at radius 1 is 1.27 bits per heavy atom. The van der Waals surface area contributed by atoms with Gasteiger partial charge in [0, 0.05) is 17.2 Å². The second-order valence-electron chi connectivity index (χ2n) is 5.92. The zero-order valence-electron chi connectivity index (χ0n) is 13.5. The number of nitrogens with zero attached hydrogens (tertiary/aromatic N) is 2. The van der Waals surface area contributed by atoms with Crippen molar-refractivity contribution >= 4 is 17.5 Å². The third-order valence-corrected chi connectivity index (χ3v) is 3.60. The smallest absolute Gasteiger partial charge is 0.347 e. The second kappa shape index (κ2) is 7.14. The maximum Gasteiger partial charge on any atom is 0.405 e. The molecule has 0 atom stereocenters. The predicted octanol–water partition coefficient (Wildman–Crippen LogP) is 2.31. The van der Waals surface area contributed by atoms with Crippen molar-refractivity contribution in [2.45, 2.75) is 25.4 Å². The molecule has 2 aromatic rings. The number of hydrogen-bond donors (Lipinski definition) is 2. The molecule has 0 spiro atoms. The lowest BCUT2D eigenvalue weighted by Crippen LogP contribution is -2.34. The van der Waals surface area contributed by atoms with Crippen molar-refractivity contribution in [2.75, 3.05) is 11.9 Å². The summed E-state index contributed by atoms with van der Waals surface area (Å²) in [5, 5.41) is 8.23. The third kappa shape index (κ3) is 5.04. The fourth-order valence-electron chi connectivity index (χ4n) is 2.17. The number of rotatable bonds is 6. The molecule has 0 saturated heterocycles. The Hall–Kier alpha value is -2.91.